The maximum absolute atomic E-state index is 3.49. The van der Waals surface area contributed by atoms with E-state index >= 15 is 0 Å². The van der Waals surface area contributed by atoms with Gasteiger partial charge in [0.1, 0.15) is 0 Å². The first kappa shape index (κ1) is 10.8. The third-order valence-corrected chi connectivity index (χ3v) is 4.99. The van der Waals surface area contributed by atoms with Crippen molar-refractivity contribution >= 4 is 12.4 Å². The minimum absolute atomic E-state index is 0. The highest BCUT2D eigenvalue weighted by atomic mass is 35.5. The zero-order chi connectivity index (χ0) is 8.78. The zero-order valence-corrected chi connectivity index (χ0v) is 9.80. The fraction of sp³-hybridized carbons (Fsp3) is 1.00. The first-order valence-corrected chi connectivity index (χ1v) is 6.04. The van der Waals surface area contributed by atoms with Crippen molar-refractivity contribution in [3.63, 3.8) is 0 Å². The third-order valence-electron chi connectivity index (χ3n) is 4.99. The largest absolute Gasteiger partial charge is 0.317 e. The van der Waals surface area contributed by atoms with Crippen molar-refractivity contribution < 1.29 is 0 Å². The van der Waals surface area contributed by atoms with Crippen molar-refractivity contribution in [2.75, 3.05) is 13.1 Å². The van der Waals surface area contributed by atoms with Gasteiger partial charge in [-0.1, -0.05) is 0 Å². The molecule has 0 atom stereocenters. The monoisotopic (exact) mass is 215 g/mol. The summed E-state index contributed by atoms with van der Waals surface area (Å²) >= 11 is 0. The summed E-state index contributed by atoms with van der Waals surface area (Å²) in [5.41, 5.74) is 1.68. The molecule has 2 saturated carbocycles. The molecule has 2 heteroatoms. The molecule has 1 N–H and O–H groups in total. The van der Waals surface area contributed by atoms with Gasteiger partial charge in [0.15, 0.2) is 0 Å². The molecule has 0 radical (unpaired) electrons. The molecule has 1 heterocycles. The van der Waals surface area contributed by atoms with E-state index < -0.39 is 0 Å². The summed E-state index contributed by atoms with van der Waals surface area (Å²) in [6, 6.07) is 0. The standard InChI is InChI=1S/C12H21N.ClH/c1-2-11(1)3-5-12(6-4-11)7-9-13-10-8-12;/h13H,1-10H2;1H. The van der Waals surface area contributed by atoms with Crippen LogP contribution in [0.2, 0.25) is 0 Å². The van der Waals surface area contributed by atoms with E-state index in [2.05, 4.69) is 5.32 Å². The lowest BCUT2D eigenvalue weighted by atomic mass is 9.65. The quantitative estimate of drug-likeness (QED) is 0.655. The highest BCUT2D eigenvalue weighted by Gasteiger charge is 2.49. The van der Waals surface area contributed by atoms with Gasteiger partial charge >= 0.3 is 0 Å². The van der Waals surface area contributed by atoms with Gasteiger partial charge in [0.05, 0.1) is 0 Å². The first-order chi connectivity index (χ1) is 6.33. The molecule has 1 nitrogen and oxygen atoms in total. The Bertz CT molecular complexity index is 192. The Balaban J connectivity index is 0.000000750. The van der Waals surface area contributed by atoms with Gasteiger partial charge in [0.2, 0.25) is 0 Å². The molecule has 3 rings (SSSR count). The lowest BCUT2D eigenvalue weighted by Crippen LogP contribution is -2.39. The molecule has 0 unspecified atom stereocenters. The fourth-order valence-electron chi connectivity index (χ4n) is 3.44. The lowest BCUT2D eigenvalue weighted by molar-refractivity contribution is 0.0970. The fourth-order valence-corrected chi connectivity index (χ4v) is 3.44. The summed E-state index contributed by atoms with van der Waals surface area (Å²) in [6.07, 6.45) is 12.3. The van der Waals surface area contributed by atoms with Crippen LogP contribution in [0.25, 0.3) is 0 Å². The molecular weight excluding hydrogens is 194 g/mol. The molecule has 14 heavy (non-hydrogen) atoms. The summed E-state index contributed by atoms with van der Waals surface area (Å²) < 4.78 is 0. The Labute approximate surface area is 93.4 Å². The second-order valence-corrected chi connectivity index (χ2v) is 5.75. The number of nitrogens with one attached hydrogen (secondary N) is 1. The van der Waals surface area contributed by atoms with Crippen molar-refractivity contribution in [2.45, 2.75) is 51.4 Å². The van der Waals surface area contributed by atoms with E-state index in [-0.39, 0.29) is 12.4 Å². The second-order valence-electron chi connectivity index (χ2n) is 5.75. The Kier molecular flexibility index (Phi) is 2.83. The molecule has 2 spiro atoms. The Morgan fingerprint density at radius 1 is 0.571 bits per heavy atom. The molecule has 1 aliphatic heterocycles. The smallest absolute Gasteiger partial charge is 0.00436 e. The molecule has 3 aliphatic rings. The van der Waals surface area contributed by atoms with Crippen molar-refractivity contribution in [1.29, 1.82) is 0 Å². The summed E-state index contributed by atoms with van der Waals surface area (Å²) in [5, 5.41) is 3.49. The van der Waals surface area contributed by atoms with Crippen LogP contribution in [0.15, 0.2) is 0 Å². The molecule has 2 aliphatic carbocycles. The summed E-state index contributed by atoms with van der Waals surface area (Å²) in [6.45, 7) is 2.57. The van der Waals surface area contributed by atoms with Crippen molar-refractivity contribution in [1.82, 2.24) is 5.32 Å². The number of rotatable bonds is 0. The van der Waals surface area contributed by atoms with Crippen LogP contribution in [-0.4, -0.2) is 13.1 Å². The maximum Gasteiger partial charge on any atom is -0.00436 e. The Hall–Kier alpha value is 0.250. The van der Waals surface area contributed by atoms with E-state index in [1.807, 2.05) is 0 Å². The van der Waals surface area contributed by atoms with Gasteiger partial charge < -0.3 is 5.32 Å². The average molecular weight is 216 g/mol. The van der Waals surface area contributed by atoms with E-state index in [4.69, 9.17) is 0 Å². The molecule has 82 valence electrons. The molecule has 0 aromatic rings. The van der Waals surface area contributed by atoms with E-state index in [9.17, 15) is 0 Å². The van der Waals surface area contributed by atoms with E-state index in [1.54, 1.807) is 38.5 Å². The van der Waals surface area contributed by atoms with Crippen LogP contribution in [0.1, 0.15) is 51.4 Å². The SMILES string of the molecule is C1CC2(CCN1)CCC1(CC2)CC1.Cl. The van der Waals surface area contributed by atoms with Crippen LogP contribution < -0.4 is 5.32 Å². The molecule has 0 amide bonds. The van der Waals surface area contributed by atoms with E-state index in [0.717, 1.165) is 10.8 Å². The molecule has 0 aromatic heterocycles. The predicted octanol–water partition coefficient (Wildman–Crippen LogP) is 3.13. The highest BCUT2D eigenvalue weighted by molar-refractivity contribution is 5.85. The van der Waals surface area contributed by atoms with Gasteiger partial charge in [-0.05, 0) is 75.3 Å². The molecule has 0 bridgehead atoms. The van der Waals surface area contributed by atoms with Gasteiger partial charge in [-0.25, -0.2) is 0 Å². The van der Waals surface area contributed by atoms with Crippen LogP contribution in [0.4, 0.5) is 0 Å². The first-order valence-electron chi connectivity index (χ1n) is 6.04. The summed E-state index contributed by atoms with van der Waals surface area (Å²) in [4.78, 5) is 0. The van der Waals surface area contributed by atoms with Crippen molar-refractivity contribution in [2.24, 2.45) is 10.8 Å². The van der Waals surface area contributed by atoms with Crippen molar-refractivity contribution in [3.8, 4) is 0 Å². The minimum atomic E-state index is 0. The van der Waals surface area contributed by atoms with Crippen LogP contribution in [0.5, 0.6) is 0 Å². The normalized spacial score (nSPS) is 32.6. The van der Waals surface area contributed by atoms with Gasteiger partial charge in [-0.3, -0.25) is 0 Å². The van der Waals surface area contributed by atoms with Gasteiger partial charge in [0, 0.05) is 0 Å². The van der Waals surface area contributed by atoms with Gasteiger partial charge in [-0.2, -0.15) is 0 Å². The van der Waals surface area contributed by atoms with Crippen molar-refractivity contribution in [3.05, 3.63) is 0 Å². The Morgan fingerprint density at radius 2 is 0.929 bits per heavy atom. The number of hydrogen-bond donors (Lipinski definition) is 1. The Morgan fingerprint density at radius 3 is 1.36 bits per heavy atom. The van der Waals surface area contributed by atoms with Crippen LogP contribution in [-0.2, 0) is 0 Å². The number of halogens is 1. The average Bonchev–Trinajstić information content (AvgIpc) is 2.94. The highest BCUT2D eigenvalue weighted by Crippen LogP contribution is 2.61. The van der Waals surface area contributed by atoms with Gasteiger partial charge in [-0.15, -0.1) is 12.4 Å². The number of hydrogen-bond acceptors (Lipinski definition) is 1. The zero-order valence-electron chi connectivity index (χ0n) is 8.98. The van der Waals surface area contributed by atoms with Gasteiger partial charge in [0.25, 0.3) is 0 Å². The van der Waals surface area contributed by atoms with E-state index in [0.29, 0.717) is 0 Å². The predicted molar refractivity (Wildman–Crippen MR) is 61.9 cm³/mol. The summed E-state index contributed by atoms with van der Waals surface area (Å²) in [5.74, 6) is 0. The molecule has 3 fully saturated rings. The van der Waals surface area contributed by atoms with E-state index in [1.165, 1.54) is 25.9 Å². The molecular formula is C12H22ClN. The lowest BCUT2D eigenvalue weighted by Gasteiger charge is -2.43. The molecule has 0 aromatic carbocycles. The van der Waals surface area contributed by atoms with Crippen LogP contribution in [0, 0.1) is 10.8 Å². The molecule has 1 saturated heterocycles. The number of piperidine rings is 1. The maximum atomic E-state index is 3.49. The van der Waals surface area contributed by atoms with Crippen LogP contribution >= 0.6 is 12.4 Å². The topological polar surface area (TPSA) is 12.0 Å². The minimum Gasteiger partial charge on any atom is -0.317 e. The third kappa shape index (κ3) is 1.81. The second kappa shape index (κ2) is 3.68. The van der Waals surface area contributed by atoms with Crippen LogP contribution in [0.3, 0.4) is 0 Å². The summed E-state index contributed by atoms with van der Waals surface area (Å²) in [7, 11) is 0.